The smallest absolute Gasteiger partial charge is 0.319 e. The van der Waals surface area contributed by atoms with E-state index in [0.717, 1.165) is 17.3 Å². The zero-order chi connectivity index (χ0) is 26.4. The summed E-state index contributed by atoms with van der Waals surface area (Å²) < 4.78 is 4.87. The molecule has 9 heteroatoms. The van der Waals surface area contributed by atoms with Crippen LogP contribution in [0.1, 0.15) is 54.1 Å². The summed E-state index contributed by atoms with van der Waals surface area (Å²) in [5.41, 5.74) is 2.95. The van der Waals surface area contributed by atoms with E-state index in [0.29, 0.717) is 22.7 Å². The van der Waals surface area contributed by atoms with Crippen molar-refractivity contribution in [2.45, 2.75) is 32.6 Å². The molecule has 0 bridgehead atoms. The van der Waals surface area contributed by atoms with Crippen molar-refractivity contribution in [3.05, 3.63) is 75.8 Å². The molecule has 0 fully saturated rings. The van der Waals surface area contributed by atoms with Gasteiger partial charge in [0.2, 0.25) is 11.8 Å². The number of methoxy groups -OCH3 is 1. The molecule has 0 saturated heterocycles. The van der Waals surface area contributed by atoms with Gasteiger partial charge in [-0.2, -0.15) is 5.26 Å². The van der Waals surface area contributed by atoms with Crippen LogP contribution in [0, 0.1) is 17.2 Å². The minimum absolute atomic E-state index is 0.0777. The topological polar surface area (TPSA) is 125 Å². The fraction of sp³-hybridized carbons (Fsp3) is 0.296. The first-order valence-electron chi connectivity index (χ1n) is 11.3. The molecule has 0 unspecified atom stereocenters. The van der Waals surface area contributed by atoms with Crippen LogP contribution in [0.3, 0.4) is 0 Å². The molecule has 0 aromatic heterocycles. The fourth-order valence-electron chi connectivity index (χ4n) is 3.89. The number of hydrogen-bond acceptors (Lipinski definition) is 7. The van der Waals surface area contributed by atoms with Crippen LogP contribution in [0.25, 0.3) is 0 Å². The van der Waals surface area contributed by atoms with Crippen LogP contribution in [-0.2, 0) is 19.1 Å². The van der Waals surface area contributed by atoms with E-state index in [1.165, 1.54) is 14.0 Å². The van der Waals surface area contributed by atoms with Crippen molar-refractivity contribution in [3.63, 3.8) is 0 Å². The number of ether oxygens (including phenoxy) is 1. The first kappa shape index (κ1) is 26.7. The standard InChI is InChI=1S/C27H27N3O5S/c1-15(2)17-5-7-19(8-6-17)23-21(13-28)26(30-25(33)24(23)27(34)35-4)36-14-22(32)29-20-11-9-18(10-12-20)16(3)31/h5-12,15,23-24H,14H2,1-4H3,(H,29,32)(H,30,33)/t23-,24+/m0/s1. The Morgan fingerprint density at radius 1 is 1.11 bits per heavy atom. The second-order valence-corrected chi connectivity index (χ2v) is 9.60. The van der Waals surface area contributed by atoms with Gasteiger partial charge in [0.05, 0.1) is 29.5 Å². The number of amides is 2. The number of thioether (sulfide) groups is 1. The highest BCUT2D eigenvalue weighted by molar-refractivity contribution is 8.03. The van der Waals surface area contributed by atoms with Crippen molar-refractivity contribution in [2.24, 2.45) is 5.92 Å². The normalized spacial score (nSPS) is 17.3. The average Bonchev–Trinajstić information content (AvgIpc) is 2.86. The third kappa shape index (κ3) is 6.01. The van der Waals surface area contributed by atoms with Gasteiger partial charge in [0.25, 0.3) is 0 Å². The van der Waals surface area contributed by atoms with Crippen LogP contribution in [0.5, 0.6) is 0 Å². The number of ketones is 1. The Balaban J connectivity index is 1.86. The maximum Gasteiger partial charge on any atom is 0.319 e. The van der Waals surface area contributed by atoms with E-state index >= 15 is 0 Å². The summed E-state index contributed by atoms with van der Waals surface area (Å²) in [6.07, 6.45) is 0. The predicted molar refractivity (Wildman–Crippen MR) is 137 cm³/mol. The lowest BCUT2D eigenvalue weighted by Crippen LogP contribution is -2.44. The zero-order valence-electron chi connectivity index (χ0n) is 20.5. The van der Waals surface area contributed by atoms with E-state index in [9.17, 15) is 24.4 Å². The third-order valence-corrected chi connectivity index (χ3v) is 6.89. The maximum absolute atomic E-state index is 13.0. The Morgan fingerprint density at radius 2 is 1.75 bits per heavy atom. The Bertz CT molecular complexity index is 1240. The minimum atomic E-state index is -1.23. The monoisotopic (exact) mass is 505 g/mol. The molecule has 0 spiro atoms. The molecule has 36 heavy (non-hydrogen) atoms. The fourth-order valence-corrected chi connectivity index (χ4v) is 4.74. The van der Waals surface area contributed by atoms with Crippen LogP contribution in [0.15, 0.2) is 59.1 Å². The zero-order valence-corrected chi connectivity index (χ0v) is 21.3. The van der Waals surface area contributed by atoms with E-state index < -0.39 is 23.7 Å². The third-order valence-electron chi connectivity index (χ3n) is 5.87. The number of hydrogen-bond donors (Lipinski definition) is 2. The highest BCUT2D eigenvalue weighted by Crippen LogP contribution is 2.40. The van der Waals surface area contributed by atoms with Gasteiger partial charge in [-0.15, -0.1) is 0 Å². The van der Waals surface area contributed by atoms with Crippen molar-refractivity contribution < 1.29 is 23.9 Å². The molecule has 1 heterocycles. The molecule has 2 amide bonds. The number of anilines is 1. The maximum atomic E-state index is 13.0. The summed E-state index contributed by atoms with van der Waals surface area (Å²) in [7, 11) is 1.20. The van der Waals surface area contributed by atoms with Crippen LogP contribution < -0.4 is 10.6 Å². The number of allylic oxidation sites excluding steroid dienone is 1. The Morgan fingerprint density at radius 3 is 2.28 bits per heavy atom. The van der Waals surface area contributed by atoms with Gasteiger partial charge in [0.15, 0.2) is 5.78 Å². The highest BCUT2D eigenvalue weighted by Gasteiger charge is 2.44. The molecular weight excluding hydrogens is 478 g/mol. The summed E-state index contributed by atoms with van der Waals surface area (Å²) in [4.78, 5) is 49.4. The Labute approximate surface area is 214 Å². The molecule has 2 aromatic carbocycles. The molecule has 2 atom stereocenters. The van der Waals surface area contributed by atoms with Crippen LogP contribution >= 0.6 is 11.8 Å². The molecule has 1 aliphatic rings. The quantitative estimate of drug-likeness (QED) is 0.314. The summed E-state index contributed by atoms with van der Waals surface area (Å²) in [5, 5.41) is 15.6. The number of esters is 1. The number of nitrogens with zero attached hydrogens (tertiary/aromatic N) is 1. The highest BCUT2D eigenvalue weighted by atomic mass is 32.2. The number of benzene rings is 2. The molecule has 8 nitrogen and oxygen atoms in total. The lowest BCUT2D eigenvalue weighted by Gasteiger charge is -2.31. The predicted octanol–water partition coefficient (Wildman–Crippen LogP) is 4.12. The number of carbonyl (C=O) groups is 4. The van der Waals surface area contributed by atoms with Gasteiger partial charge in [-0.05, 0) is 48.2 Å². The van der Waals surface area contributed by atoms with E-state index in [4.69, 9.17) is 4.74 Å². The molecule has 2 N–H and O–H groups in total. The van der Waals surface area contributed by atoms with Crippen molar-refractivity contribution in [2.75, 3.05) is 18.2 Å². The molecule has 2 aromatic rings. The minimum Gasteiger partial charge on any atom is -0.468 e. The lowest BCUT2D eigenvalue weighted by molar-refractivity contribution is -0.150. The van der Waals surface area contributed by atoms with Gasteiger partial charge in [-0.1, -0.05) is 49.9 Å². The first-order valence-corrected chi connectivity index (χ1v) is 12.3. The van der Waals surface area contributed by atoms with Gasteiger partial charge < -0.3 is 15.4 Å². The number of carbonyl (C=O) groups excluding carboxylic acids is 4. The molecule has 0 aliphatic carbocycles. The molecule has 1 aliphatic heterocycles. The van der Waals surface area contributed by atoms with E-state index in [1.807, 2.05) is 24.3 Å². The molecule has 0 radical (unpaired) electrons. The van der Waals surface area contributed by atoms with Gasteiger partial charge >= 0.3 is 5.97 Å². The van der Waals surface area contributed by atoms with Gasteiger partial charge in [-0.3, -0.25) is 19.2 Å². The van der Waals surface area contributed by atoms with Gasteiger partial charge in [-0.25, -0.2) is 0 Å². The van der Waals surface area contributed by atoms with E-state index in [1.54, 1.807) is 24.3 Å². The largest absolute Gasteiger partial charge is 0.468 e. The number of nitriles is 1. The summed E-state index contributed by atoms with van der Waals surface area (Å²) in [6, 6.07) is 16.1. The number of Topliss-reactive ketones (excluding diaryl/α,β-unsaturated/α-hetero) is 1. The van der Waals surface area contributed by atoms with Crippen LogP contribution in [0.2, 0.25) is 0 Å². The van der Waals surface area contributed by atoms with E-state index in [2.05, 4.69) is 30.6 Å². The second-order valence-electron chi connectivity index (χ2n) is 8.61. The second kappa shape index (κ2) is 11.7. The number of rotatable bonds is 8. The van der Waals surface area contributed by atoms with Crippen molar-refractivity contribution in [1.82, 2.24) is 5.32 Å². The van der Waals surface area contributed by atoms with Crippen LogP contribution in [-0.4, -0.2) is 36.4 Å². The molecular formula is C27H27N3O5S. The van der Waals surface area contributed by atoms with Crippen LogP contribution in [0.4, 0.5) is 5.69 Å². The summed E-state index contributed by atoms with van der Waals surface area (Å²) in [5.74, 6) is -3.64. The number of nitrogens with one attached hydrogen (secondary N) is 2. The lowest BCUT2D eigenvalue weighted by atomic mass is 9.78. The summed E-state index contributed by atoms with van der Waals surface area (Å²) >= 11 is 1.00. The Kier molecular flexibility index (Phi) is 8.67. The molecule has 186 valence electrons. The summed E-state index contributed by atoms with van der Waals surface area (Å²) in [6.45, 7) is 5.57. The first-order chi connectivity index (χ1) is 17.2. The van der Waals surface area contributed by atoms with Crippen molar-refractivity contribution in [3.8, 4) is 6.07 Å². The van der Waals surface area contributed by atoms with Gasteiger partial charge in [0, 0.05) is 17.2 Å². The SMILES string of the molecule is COC(=O)[C@H]1C(=O)NC(SCC(=O)Nc2ccc(C(C)=O)cc2)=C(C#N)[C@@H]1c1ccc(C(C)C)cc1. The van der Waals surface area contributed by atoms with Crippen molar-refractivity contribution >= 4 is 41.0 Å². The molecule has 0 saturated carbocycles. The van der Waals surface area contributed by atoms with Crippen molar-refractivity contribution in [1.29, 1.82) is 5.26 Å². The van der Waals surface area contributed by atoms with E-state index in [-0.39, 0.29) is 28.0 Å². The molecule has 3 rings (SSSR count). The van der Waals surface area contributed by atoms with Gasteiger partial charge in [0.1, 0.15) is 5.92 Å². The Hall–Kier alpha value is -3.90. The average molecular weight is 506 g/mol.